The fourth-order valence-corrected chi connectivity index (χ4v) is 7.76. The molecule has 0 heterocycles. The first-order valence-electron chi connectivity index (χ1n) is 23.7. The van der Waals surface area contributed by atoms with Gasteiger partial charge in [0.05, 0.1) is 6.61 Å². The summed E-state index contributed by atoms with van der Waals surface area (Å²) in [6, 6.07) is 0. The van der Waals surface area contributed by atoms with Crippen LogP contribution in [-0.4, -0.2) is 98.3 Å². The van der Waals surface area contributed by atoms with Crippen molar-refractivity contribution in [3.63, 3.8) is 0 Å². The van der Waals surface area contributed by atoms with Gasteiger partial charge in [0.2, 0.25) is 0 Å². The Morgan fingerprint density at radius 2 is 0.905 bits per heavy atom. The zero-order valence-electron chi connectivity index (χ0n) is 38.3. The molecular formula is C49H83O13P. The molecule has 0 amide bonds. The molecule has 0 saturated heterocycles. The molecule has 0 radical (unpaired) electrons. The van der Waals surface area contributed by atoms with Crippen molar-refractivity contribution >= 4 is 19.8 Å². The number of phosphoric ester groups is 1. The van der Waals surface area contributed by atoms with Gasteiger partial charge in [-0.2, -0.15) is 0 Å². The lowest BCUT2D eigenvalue weighted by Crippen LogP contribution is -2.64. The maximum atomic E-state index is 12.8. The fourth-order valence-electron chi connectivity index (χ4n) is 6.78. The number of ether oxygens (including phenoxy) is 2. The molecule has 1 aliphatic carbocycles. The van der Waals surface area contributed by atoms with Crippen LogP contribution in [0.4, 0.5) is 0 Å². The summed E-state index contributed by atoms with van der Waals surface area (Å²) >= 11 is 0. The van der Waals surface area contributed by atoms with Gasteiger partial charge in [-0.3, -0.25) is 18.6 Å². The average molecular weight is 911 g/mol. The van der Waals surface area contributed by atoms with E-state index in [9.17, 15) is 44.6 Å². The third-order valence-corrected chi connectivity index (χ3v) is 11.6. The first-order valence-corrected chi connectivity index (χ1v) is 25.2. The first kappa shape index (κ1) is 58.3. The van der Waals surface area contributed by atoms with Crippen molar-refractivity contribution in [3.05, 3.63) is 72.9 Å². The number of aliphatic hydroxyl groups excluding tert-OH is 5. The maximum Gasteiger partial charge on any atom is 0.472 e. The predicted molar refractivity (Wildman–Crippen MR) is 249 cm³/mol. The summed E-state index contributed by atoms with van der Waals surface area (Å²) in [6.07, 6.45) is 35.4. The minimum absolute atomic E-state index is 0.0302. The Labute approximate surface area is 378 Å². The quantitative estimate of drug-likeness (QED) is 0.0148. The van der Waals surface area contributed by atoms with E-state index in [-0.39, 0.29) is 12.8 Å². The van der Waals surface area contributed by atoms with Crippen LogP contribution in [0.25, 0.3) is 0 Å². The molecule has 14 heteroatoms. The minimum Gasteiger partial charge on any atom is -0.462 e. The summed E-state index contributed by atoms with van der Waals surface area (Å²) in [4.78, 5) is 35.7. The maximum absolute atomic E-state index is 12.8. The van der Waals surface area contributed by atoms with Gasteiger partial charge in [0.1, 0.15) is 43.2 Å². The monoisotopic (exact) mass is 911 g/mol. The van der Waals surface area contributed by atoms with E-state index >= 15 is 0 Å². The highest BCUT2D eigenvalue weighted by molar-refractivity contribution is 7.47. The second kappa shape index (κ2) is 38.5. The molecule has 8 atom stereocenters. The molecule has 1 aliphatic rings. The first-order chi connectivity index (χ1) is 30.4. The molecule has 0 aromatic rings. The minimum atomic E-state index is -5.14. The lowest BCUT2D eigenvalue weighted by atomic mass is 9.85. The van der Waals surface area contributed by atoms with Gasteiger partial charge in [-0.25, -0.2) is 4.57 Å². The third kappa shape index (κ3) is 31.0. The molecule has 0 aromatic heterocycles. The van der Waals surface area contributed by atoms with Gasteiger partial charge in [0.25, 0.3) is 0 Å². The van der Waals surface area contributed by atoms with Crippen LogP contribution in [0.15, 0.2) is 72.9 Å². The molecule has 63 heavy (non-hydrogen) atoms. The van der Waals surface area contributed by atoms with Gasteiger partial charge >= 0.3 is 19.8 Å². The van der Waals surface area contributed by atoms with E-state index in [0.717, 1.165) is 51.4 Å². The van der Waals surface area contributed by atoms with Gasteiger partial charge in [0, 0.05) is 12.8 Å². The number of hydrogen-bond donors (Lipinski definition) is 6. The van der Waals surface area contributed by atoms with E-state index < -0.39 is 75.7 Å². The van der Waals surface area contributed by atoms with Gasteiger partial charge in [0.15, 0.2) is 6.10 Å². The van der Waals surface area contributed by atoms with E-state index in [1.165, 1.54) is 70.6 Å². The number of carbonyl (C=O) groups excluding carboxylic acids is 2. The predicted octanol–water partition coefficient (Wildman–Crippen LogP) is 9.50. The Morgan fingerprint density at radius 1 is 0.508 bits per heavy atom. The van der Waals surface area contributed by atoms with Crippen molar-refractivity contribution in [1.29, 1.82) is 0 Å². The third-order valence-electron chi connectivity index (χ3n) is 10.6. The van der Waals surface area contributed by atoms with Crippen molar-refractivity contribution < 1.29 is 63.1 Å². The number of carbonyl (C=O) groups is 2. The van der Waals surface area contributed by atoms with E-state index in [1.54, 1.807) is 0 Å². The zero-order valence-corrected chi connectivity index (χ0v) is 39.2. The van der Waals surface area contributed by atoms with Crippen LogP contribution in [0.1, 0.15) is 168 Å². The summed E-state index contributed by atoms with van der Waals surface area (Å²) in [6.45, 7) is 3.12. The summed E-state index contributed by atoms with van der Waals surface area (Å²) in [7, 11) is -5.14. The highest BCUT2D eigenvalue weighted by Crippen LogP contribution is 2.47. The Balaban J connectivity index is 2.51. The lowest BCUT2D eigenvalue weighted by molar-refractivity contribution is -0.220. The lowest BCUT2D eigenvalue weighted by Gasteiger charge is -2.41. The summed E-state index contributed by atoms with van der Waals surface area (Å²) < 4.78 is 33.5. The number of rotatable bonds is 38. The highest BCUT2D eigenvalue weighted by Gasteiger charge is 2.51. The molecule has 13 nitrogen and oxygen atoms in total. The molecule has 6 N–H and O–H groups in total. The van der Waals surface area contributed by atoms with Crippen LogP contribution in [0.5, 0.6) is 0 Å². The van der Waals surface area contributed by atoms with E-state index in [1.807, 2.05) is 18.2 Å². The van der Waals surface area contributed by atoms with Gasteiger partial charge in [-0.1, -0.05) is 177 Å². The van der Waals surface area contributed by atoms with Crippen molar-refractivity contribution in [2.75, 3.05) is 13.2 Å². The number of allylic oxidation sites excluding steroid dienone is 12. The summed E-state index contributed by atoms with van der Waals surface area (Å²) in [5.41, 5.74) is 0. The second-order valence-corrected chi connectivity index (χ2v) is 17.6. The summed E-state index contributed by atoms with van der Waals surface area (Å²) in [5, 5.41) is 50.2. The Hall–Kier alpha value is -2.71. The molecule has 362 valence electrons. The SMILES string of the molecule is CC/C=C/C/C=C/C/C=C/C/C=C/C/C=C/C/C=C/CCC(=O)O[C@H](COC(=O)CCCCCCCCCCCCCCCCC)COP(=O)(O)OC1C(O)C(O)C(O)[C@@H](O)C1O. The number of aliphatic hydroxyl groups is 5. The number of esters is 2. The van der Waals surface area contributed by atoms with E-state index in [2.05, 4.69) is 68.5 Å². The molecule has 0 aromatic carbocycles. The molecule has 6 unspecified atom stereocenters. The van der Waals surface area contributed by atoms with E-state index in [0.29, 0.717) is 19.3 Å². The number of hydrogen-bond acceptors (Lipinski definition) is 12. The summed E-state index contributed by atoms with van der Waals surface area (Å²) in [5.74, 6) is -1.20. The molecule has 1 saturated carbocycles. The molecule has 1 fully saturated rings. The fraction of sp³-hybridized carbons (Fsp3) is 0.714. The zero-order chi connectivity index (χ0) is 46.4. The van der Waals surface area contributed by atoms with Gasteiger partial charge in [-0.05, 0) is 51.4 Å². The van der Waals surface area contributed by atoms with E-state index in [4.69, 9.17) is 18.5 Å². The number of unbranched alkanes of at least 4 members (excludes halogenated alkanes) is 14. The van der Waals surface area contributed by atoms with Crippen molar-refractivity contribution in [2.24, 2.45) is 0 Å². The molecular weight excluding hydrogens is 828 g/mol. The van der Waals surface area contributed by atoms with Crippen LogP contribution >= 0.6 is 7.82 Å². The molecule has 0 aliphatic heterocycles. The molecule has 0 spiro atoms. The van der Waals surface area contributed by atoms with Crippen LogP contribution in [0.3, 0.4) is 0 Å². The van der Waals surface area contributed by atoms with Crippen LogP contribution < -0.4 is 0 Å². The molecule has 0 bridgehead atoms. The van der Waals surface area contributed by atoms with Gasteiger partial charge in [-0.15, -0.1) is 0 Å². The largest absolute Gasteiger partial charge is 0.472 e. The van der Waals surface area contributed by atoms with Crippen LogP contribution in [0, 0.1) is 0 Å². The smallest absolute Gasteiger partial charge is 0.462 e. The standard InChI is InChI=1S/C49H83O13P/c1-3-5-7-9-11-13-15-17-19-20-21-22-24-26-28-30-32-34-36-38-43(51)61-41(40-60-63(57,58)62-49-47(55)45(53)44(52)46(54)48(49)56)39-59-42(50)37-35-33-31-29-27-25-23-18-16-14-12-10-8-6-4-2/h5,7,11,13,17,19,21-22,26,28,32,34,41,44-49,52-56H,3-4,6,8-10,12,14-16,18,20,23-25,27,29-31,33,35-40H2,1-2H3,(H,57,58)/b7-5+,13-11+,19-17+,22-21+,28-26+,34-32+/t41-,44?,45-,46?,47?,48?,49?/m1/s1. The van der Waals surface area contributed by atoms with Crippen molar-refractivity contribution in [1.82, 2.24) is 0 Å². The Bertz CT molecular complexity index is 1380. The second-order valence-electron chi connectivity index (χ2n) is 16.2. The average Bonchev–Trinajstić information content (AvgIpc) is 3.26. The molecule has 1 rings (SSSR count). The van der Waals surface area contributed by atoms with Gasteiger partial charge < -0.3 is 39.9 Å². The van der Waals surface area contributed by atoms with Crippen LogP contribution in [-0.2, 0) is 32.7 Å². The van der Waals surface area contributed by atoms with Crippen molar-refractivity contribution in [3.8, 4) is 0 Å². The van der Waals surface area contributed by atoms with Crippen LogP contribution in [0.2, 0.25) is 0 Å². The normalized spacial score (nSPS) is 22.3. The number of phosphoric acid groups is 1. The highest BCUT2D eigenvalue weighted by atomic mass is 31.2. The Kier molecular flexibility index (Phi) is 35.7. The van der Waals surface area contributed by atoms with Crippen molar-refractivity contribution in [2.45, 2.75) is 211 Å². The topological polar surface area (TPSA) is 210 Å². The Morgan fingerprint density at radius 3 is 1.35 bits per heavy atom.